The molecule has 0 N–H and O–H groups in total. The Hall–Kier alpha value is -2.06. The van der Waals surface area contributed by atoms with Crippen molar-refractivity contribution < 1.29 is 4.74 Å². The van der Waals surface area contributed by atoms with Crippen molar-refractivity contribution in [3.63, 3.8) is 0 Å². The second-order valence-corrected chi connectivity index (χ2v) is 6.58. The van der Waals surface area contributed by atoms with Crippen LogP contribution in [0.15, 0.2) is 78.9 Å². The van der Waals surface area contributed by atoms with Gasteiger partial charge in [0.15, 0.2) is 0 Å². The normalized spacial score (nSPS) is 10.5. The van der Waals surface area contributed by atoms with Crippen LogP contribution in [0.4, 0.5) is 0 Å². The van der Waals surface area contributed by atoms with Crippen LogP contribution in [-0.4, -0.2) is 5.33 Å². The summed E-state index contributed by atoms with van der Waals surface area (Å²) in [6, 6.07) is 27.4. The van der Waals surface area contributed by atoms with Gasteiger partial charge in [0.2, 0.25) is 0 Å². The first-order valence-electron chi connectivity index (χ1n) is 8.27. The quantitative estimate of drug-likeness (QED) is 0.439. The second kappa shape index (κ2) is 8.70. The summed E-state index contributed by atoms with van der Waals surface area (Å²) in [5, 5.41) is 1.05. The van der Waals surface area contributed by atoms with E-state index < -0.39 is 0 Å². The third kappa shape index (κ3) is 4.72. The van der Waals surface area contributed by atoms with Crippen LogP contribution in [0.25, 0.3) is 11.1 Å². The van der Waals surface area contributed by atoms with Gasteiger partial charge < -0.3 is 4.74 Å². The number of aryl methyl sites for hydroxylation is 1. The molecule has 0 aliphatic rings. The van der Waals surface area contributed by atoms with E-state index in [0.29, 0.717) is 6.61 Å². The van der Waals surface area contributed by atoms with Crippen molar-refractivity contribution in [1.29, 1.82) is 0 Å². The lowest BCUT2D eigenvalue weighted by molar-refractivity contribution is 0.306. The van der Waals surface area contributed by atoms with Gasteiger partial charge in [-0.1, -0.05) is 82.7 Å². The smallest absolute Gasteiger partial charge is 0.119 e. The fraction of sp³-hybridized carbons (Fsp3) is 0.182. The van der Waals surface area contributed by atoms with E-state index in [-0.39, 0.29) is 0 Å². The van der Waals surface area contributed by atoms with Crippen molar-refractivity contribution in [2.45, 2.75) is 19.4 Å². The minimum Gasteiger partial charge on any atom is -0.489 e. The minimum absolute atomic E-state index is 0.593. The van der Waals surface area contributed by atoms with Gasteiger partial charge in [0.25, 0.3) is 0 Å². The molecule has 122 valence electrons. The Morgan fingerprint density at radius 1 is 0.667 bits per heavy atom. The topological polar surface area (TPSA) is 9.23 Å². The standard InChI is InChI=1S/C22H21BrO/c23-16-4-5-18-10-14-22(15-11-18)24-17-19-8-12-21(13-9-19)20-6-2-1-3-7-20/h1-3,6-15H,4-5,16-17H2. The number of hydrogen-bond donors (Lipinski definition) is 0. The highest BCUT2D eigenvalue weighted by atomic mass is 79.9. The van der Waals surface area contributed by atoms with Gasteiger partial charge in [-0.2, -0.15) is 0 Å². The van der Waals surface area contributed by atoms with Gasteiger partial charge in [0.05, 0.1) is 0 Å². The predicted molar refractivity (Wildman–Crippen MR) is 105 cm³/mol. The third-order valence-electron chi connectivity index (χ3n) is 3.99. The van der Waals surface area contributed by atoms with E-state index in [1.807, 2.05) is 6.07 Å². The van der Waals surface area contributed by atoms with Gasteiger partial charge in [-0.3, -0.25) is 0 Å². The predicted octanol–water partition coefficient (Wildman–Crippen LogP) is 6.26. The maximum atomic E-state index is 5.89. The van der Waals surface area contributed by atoms with Crippen molar-refractivity contribution >= 4 is 15.9 Å². The molecule has 0 bridgehead atoms. The molecule has 0 spiro atoms. The second-order valence-electron chi connectivity index (χ2n) is 5.79. The average molecular weight is 381 g/mol. The molecular weight excluding hydrogens is 360 g/mol. The summed E-state index contributed by atoms with van der Waals surface area (Å²) in [5.74, 6) is 0.921. The van der Waals surface area contributed by atoms with Crippen LogP contribution in [0.2, 0.25) is 0 Å². The van der Waals surface area contributed by atoms with Gasteiger partial charge in [-0.05, 0) is 47.2 Å². The first-order valence-corrected chi connectivity index (χ1v) is 9.39. The Bertz CT molecular complexity index is 733. The monoisotopic (exact) mass is 380 g/mol. The molecule has 0 amide bonds. The number of alkyl halides is 1. The molecule has 0 saturated carbocycles. The van der Waals surface area contributed by atoms with Crippen LogP contribution in [0.3, 0.4) is 0 Å². The van der Waals surface area contributed by atoms with Crippen molar-refractivity contribution in [3.05, 3.63) is 90.0 Å². The molecule has 0 aliphatic carbocycles. The van der Waals surface area contributed by atoms with Crippen LogP contribution in [0, 0.1) is 0 Å². The molecule has 3 rings (SSSR count). The molecule has 0 heterocycles. The lowest BCUT2D eigenvalue weighted by Crippen LogP contribution is -1.95. The lowest BCUT2D eigenvalue weighted by atomic mass is 10.0. The van der Waals surface area contributed by atoms with Crippen LogP contribution in [0.1, 0.15) is 17.5 Å². The van der Waals surface area contributed by atoms with Crippen molar-refractivity contribution in [1.82, 2.24) is 0 Å². The molecular formula is C22H21BrO. The SMILES string of the molecule is BrCCCc1ccc(OCc2ccc(-c3ccccc3)cc2)cc1. The van der Waals surface area contributed by atoms with Crippen LogP contribution < -0.4 is 4.74 Å². The zero-order valence-electron chi connectivity index (χ0n) is 13.6. The highest BCUT2D eigenvalue weighted by molar-refractivity contribution is 9.09. The summed E-state index contributed by atoms with van der Waals surface area (Å²) in [4.78, 5) is 0. The van der Waals surface area contributed by atoms with Gasteiger partial charge >= 0.3 is 0 Å². The van der Waals surface area contributed by atoms with E-state index in [0.717, 1.165) is 23.9 Å². The zero-order chi connectivity index (χ0) is 16.6. The van der Waals surface area contributed by atoms with Gasteiger partial charge in [0, 0.05) is 5.33 Å². The van der Waals surface area contributed by atoms with Crippen molar-refractivity contribution in [2.75, 3.05) is 5.33 Å². The first-order chi connectivity index (χ1) is 11.8. The Morgan fingerprint density at radius 2 is 1.29 bits per heavy atom. The number of halogens is 1. The maximum absolute atomic E-state index is 5.89. The Balaban J connectivity index is 1.57. The van der Waals surface area contributed by atoms with E-state index in [4.69, 9.17) is 4.74 Å². The molecule has 2 heteroatoms. The van der Waals surface area contributed by atoms with Crippen molar-refractivity contribution in [3.8, 4) is 16.9 Å². The molecule has 0 aromatic heterocycles. The molecule has 24 heavy (non-hydrogen) atoms. The van der Waals surface area contributed by atoms with E-state index in [9.17, 15) is 0 Å². The molecule has 0 atom stereocenters. The Labute approximate surface area is 152 Å². The lowest BCUT2D eigenvalue weighted by Gasteiger charge is -2.08. The molecule has 1 nitrogen and oxygen atoms in total. The summed E-state index contributed by atoms with van der Waals surface area (Å²) in [7, 11) is 0. The van der Waals surface area contributed by atoms with Crippen LogP contribution in [-0.2, 0) is 13.0 Å². The molecule has 0 radical (unpaired) electrons. The summed E-state index contributed by atoms with van der Waals surface area (Å²) in [5.41, 5.74) is 5.01. The summed E-state index contributed by atoms with van der Waals surface area (Å²) < 4.78 is 5.89. The maximum Gasteiger partial charge on any atom is 0.119 e. The van der Waals surface area contributed by atoms with E-state index in [2.05, 4.69) is 88.7 Å². The third-order valence-corrected chi connectivity index (χ3v) is 4.55. The van der Waals surface area contributed by atoms with E-state index in [1.165, 1.54) is 22.3 Å². The molecule has 0 aliphatic heterocycles. The van der Waals surface area contributed by atoms with Crippen LogP contribution >= 0.6 is 15.9 Å². The van der Waals surface area contributed by atoms with Gasteiger partial charge in [-0.25, -0.2) is 0 Å². The highest BCUT2D eigenvalue weighted by Gasteiger charge is 2.00. The molecule has 0 fully saturated rings. The largest absolute Gasteiger partial charge is 0.489 e. The summed E-state index contributed by atoms with van der Waals surface area (Å²) in [6.45, 7) is 0.593. The van der Waals surface area contributed by atoms with Gasteiger partial charge in [-0.15, -0.1) is 0 Å². The zero-order valence-corrected chi connectivity index (χ0v) is 15.2. The van der Waals surface area contributed by atoms with Gasteiger partial charge in [0.1, 0.15) is 12.4 Å². The fourth-order valence-electron chi connectivity index (χ4n) is 2.61. The van der Waals surface area contributed by atoms with E-state index >= 15 is 0 Å². The first kappa shape index (κ1) is 16.8. The Kier molecular flexibility index (Phi) is 6.08. The van der Waals surface area contributed by atoms with E-state index in [1.54, 1.807) is 0 Å². The number of rotatable bonds is 7. The molecule has 3 aromatic rings. The fourth-order valence-corrected chi connectivity index (χ4v) is 2.89. The minimum atomic E-state index is 0.593. The average Bonchev–Trinajstić information content (AvgIpc) is 2.67. The van der Waals surface area contributed by atoms with Crippen molar-refractivity contribution in [2.24, 2.45) is 0 Å². The molecule has 3 aromatic carbocycles. The number of hydrogen-bond acceptors (Lipinski definition) is 1. The number of ether oxygens (including phenoxy) is 1. The number of benzene rings is 3. The molecule has 0 saturated heterocycles. The summed E-state index contributed by atoms with van der Waals surface area (Å²) in [6.07, 6.45) is 2.26. The summed E-state index contributed by atoms with van der Waals surface area (Å²) >= 11 is 3.47. The Morgan fingerprint density at radius 3 is 1.96 bits per heavy atom. The highest BCUT2D eigenvalue weighted by Crippen LogP contribution is 2.20. The molecule has 0 unspecified atom stereocenters. The van der Waals surface area contributed by atoms with Crippen LogP contribution in [0.5, 0.6) is 5.75 Å².